The fourth-order valence-electron chi connectivity index (χ4n) is 3.55. The molecule has 0 atom stereocenters. The van der Waals surface area contributed by atoms with Crippen molar-refractivity contribution in [2.45, 2.75) is 32.1 Å². The minimum atomic E-state index is -1.61. The molecule has 0 saturated carbocycles. The Morgan fingerprint density at radius 3 is 2.48 bits per heavy atom. The number of aromatic nitrogens is 2. The molecule has 1 heterocycles. The summed E-state index contributed by atoms with van der Waals surface area (Å²) in [6, 6.07) is 11.3. The van der Waals surface area contributed by atoms with E-state index in [0.29, 0.717) is 6.42 Å². The maximum absolute atomic E-state index is 13.8. The van der Waals surface area contributed by atoms with Gasteiger partial charge in [0.2, 0.25) is 0 Å². The standard InChI is InChI=1S/C21H19F3N4O/c22-15-11-12-16(19(24)18(15)23)25-26-21(29)20-14-9-5-2-6-10-17(14)28(27-20)13-7-3-1-4-8-13/h1,3-4,7-8,11-12,25H,2,5-6,9-10H2,(H,26,29). The van der Waals surface area contributed by atoms with E-state index in [2.05, 4.69) is 16.0 Å². The molecule has 1 aliphatic rings. The largest absolute Gasteiger partial charge is 0.295 e. The Hall–Kier alpha value is -3.29. The maximum atomic E-state index is 13.8. The van der Waals surface area contributed by atoms with Gasteiger partial charge in [0.15, 0.2) is 23.1 Å². The number of halogens is 3. The van der Waals surface area contributed by atoms with Crippen molar-refractivity contribution in [3.8, 4) is 5.69 Å². The summed E-state index contributed by atoms with van der Waals surface area (Å²) >= 11 is 0. The van der Waals surface area contributed by atoms with Crippen LogP contribution in [0.2, 0.25) is 0 Å². The number of hydrogen-bond acceptors (Lipinski definition) is 3. The highest BCUT2D eigenvalue weighted by atomic mass is 19.2. The predicted molar refractivity (Wildman–Crippen MR) is 102 cm³/mol. The molecule has 4 rings (SSSR count). The van der Waals surface area contributed by atoms with Crippen LogP contribution >= 0.6 is 0 Å². The lowest BCUT2D eigenvalue weighted by Gasteiger charge is -2.09. The molecular formula is C21H19F3N4O. The number of amides is 1. The van der Waals surface area contributed by atoms with E-state index in [1.54, 1.807) is 4.68 Å². The lowest BCUT2D eigenvalue weighted by molar-refractivity contribution is 0.0956. The van der Waals surface area contributed by atoms with Crippen LogP contribution in [0.15, 0.2) is 42.5 Å². The Kier molecular flexibility index (Phi) is 5.24. The molecular weight excluding hydrogens is 381 g/mol. The van der Waals surface area contributed by atoms with Crippen LogP contribution in [-0.2, 0) is 12.8 Å². The van der Waals surface area contributed by atoms with E-state index in [1.165, 1.54) is 0 Å². The molecule has 0 saturated heterocycles. The van der Waals surface area contributed by atoms with Crippen molar-refractivity contribution in [3.05, 3.63) is 76.9 Å². The quantitative estimate of drug-likeness (QED) is 0.390. The van der Waals surface area contributed by atoms with Gasteiger partial charge in [-0.15, -0.1) is 0 Å². The highest BCUT2D eigenvalue weighted by Crippen LogP contribution is 2.26. The van der Waals surface area contributed by atoms with E-state index >= 15 is 0 Å². The first-order valence-corrected chi connectivity index (χ1v) is 9.42. The topological polar surface area (TPSA) is 59.0 Å². The molecule has 150 valence electrons. The second kappa shape index (κ2) is 7.98. The molecule has 0 bridgehead atoms. The van der Waals surface area contributed by atoms with E-state index in [9.17, 15) is 18.0 Å². The Bertz CT molecular complexity index is 1050. The summed E-state index contributed by atoms with van der Waals surface area (Å²) in [6.07, 6.45) is 4.52. The van der Waals surface area contributed by atoms with E-state index in [4.69, 9.17) is 0 Å². The van der Waals surface area contributed by atoms with Gasteiger partial charge >= 0.3 is 0 Å². The maximum Gasteiger partial charge on any atom is 0.290 e. The number of carbonyl (C=O) groups is 1. The van der Waals surface area contributed by atoms with E-state index < -0.39 is 23.4 Å². The van der Waals surface area contributed by atoms with E-state index in [1.807, 2.05) is 30.3 Å². The van der Waals surface area contributed by atoms with Gasteiger partial charge < -0.3 is 0 Å². The molecule has 2 aromatic carbocycles. The van der Waals surface area contributed by atoms with Gasteiger partial charge in [-0.25, -0.2) is 17.9 Å². The molecule has 1 amide bonds. The SMILES string of the molecule is O=C(NNc1ccc(F)c(F)c1F)c1nn(-c2ccccc2)c2c1CCCCC2. The summed E-state index contributed by atoms with van der Waals surface area (Å²) in [5.74, 6) is -4.88. The van der Waals surface area contributed by atoms with Crippen LogP contribution in [0.1, 0.15) is 41.0 Å². The number of rotatable bonds is 4. The Balaban J connectivity index is 1.63. The average molecular weight is 400 g/mol. The molecule has 2 N–H and O–H groups in total. The van der Waals surface area contributed by atoms with Crippen molar-refractivity contribution in [3.63, 3.8) is 0 Å². The third-order valence-corrected chi connectivity index (χ3v) is 4.99. The van der Waals surface area contributed by atoms with Crippen LogP contribution < -0.4 is 10.9 Å². The Morgan fingerprint density at radius 2 is 1.69 bits per heavy atom. The van der Waals surface area contributed by atoms with E-state index in [-0.39, 0.29) is 11.4 Å². The van der Waals surface area contributed by atoms with E-state index in [0.717, 1.165) is 54.8 Å². The molecule has 29 heavy (non-hydrogen) atoms. The smallest absolute Gasteiger partial charge is 0.290 e. The molecule has 3 aromatic rings. The first-order valence-electron chi connectivity index (χ1n) is 9.42. The van der Waals surface area contributed by atoms with Gasteiger partial charge in [0.1, 0.15) is 0 Å². The summed E-state index contributed by atoms with van der Waals surface area (Å²) in [4.78, 5) is 12.8. The summed E-state index contributed by atoms with van der Waals surface area (Å²) in [5, 5.41) is 4.51. The molecule has 0 spiro atoms. The van der Waals surface area contributed by atoms with Crippen molar-refractivity contribution >= 4 is 11.6 Å². The summed E-state index contributed by atoms with van der Waals surface area (Å²) in [7, 11) is 0. The minimum absolute atomic E-state index is 0.237. The van der Waals surface area contributed by atoms with Crippen molar-refractivity contribution in [2.75, 3.05) is 5.43 Å². The highest BCUT2D eigenvalue weighted by molar-refractivity contribution is 5.94. The van der Waals surface area contributed by atoms with Crippen LogP contribution in [-0.4, -0.2) is 15.7 Å². The van der Waals surface area contributed by atoms with Crippen LogP contribution in [0.5, 0.6) is 0 Å². The van der Waals surface area contributed by atoms with Gasteiger partial charge in [-0.05, 0) is 49.9 Å². The number of nitrogens with zero attached hydrogens (tertiary/aromatic N) is 2. The molecule has 0 fully saturated rings. The number of hydrazine groups is 1. The monoisotopic (exact) mass is 400 g/mol. The first kappa shape index (κ1) is 19.0. The van der Waals surface area contributed by atoms with Crippen LogP contribution in [0, 0.1) is 17.5 Å². The molecule has 5 nitrogen and oxygen atoms in total. The second-order valence-corrected chi connectivity index (χ2v) is 6.88. The van der Waals surface area contributed by atoms with Gasteiger partial charge in [-0.2, -0.15) is 5.10 Å². The van der Waals surface area contributed by atoms with Crippen molar-refractivity contribution < 1.29 is 18.0 Å². The Morgan fingerprint density at radius 1 is 0.931 bits per heavy atom. The zero-order valence-corrected chi connectivity index (χ0v) is 15.5. The third-order valence-electron chi connectivity index (χ3n) is 4.99. The molecule has 0 unspecified atom stereocenters. The highest BCUT2D eigenvalue weighted by Gasteiger charge is 2.25. The Labute approximate surface area is 165 Å². The number of para-hydroxylation sites is 1. The number of carbonyl (C=O) groups excluding carboxylic acids is 1. The van der Waals surface area contributed by atoms with Gasteiger partial charge in [-0.3, -0.25) is 15.6 Å². The van der Waals surface area contributed by atoms with Crippen molar-refractivity contribution in [2.24, 2.45) is 0 Å². The molecule has 0 radical (unpaired) electrons. The van der Waals surface area contributed by atoms with Gasteiger partial charge in [0, 0.05) is 11.3 Å². The normalized spacial score (nSPS) is 13.5. The van der Waals surface area contributed by atoms with Crippen molar-refractivity contribution in [1.29, 1.82) is 0 Å². The lowest BCUT2D eigenvalue weighted by Crippen LogP contribution is -2.31. The number of fused-ring (bicyclic) bond motifs is 1. The van der Waals surface area contributed by atoms with Gasteiger partial charge in [0.05, 0.1) is 11.4 Å². The van der Waals surface area contributed by atoms with Crippen LogP contribution in [0.3, 0.4) is 0 Å². The number of benzene rings is 2. The summed E-state index contributed by atoms with van der Waals surface area (Å²) in [6.45, 7) is 0. The summed E-state index contributed by atoms with van der Waals surface area (Å²) in [5.41, 5.74) is 7.23. The van der Waals surface area contributed by atoms with Crippen LogP contribution in [0.25, 0.3) is 5.69 Å². The second-order valence-electron chi connectivity index (χ2n) is 6.88. The molecule has 1 aromatic heterocycles. The van der Waals surface area contributed by atoms with Gasteiger partial charge in [-0.1, -0.05) is 24.6 Å². The predicted octanol–water partition coefficient (Wildman–Crippen LogP) is 4.32. The van der Waals surface area contributed by atoms with Crippen LogP contribution in [0.4, 0.5) is 18.9 Å². The first-order chi connectivity index (χ1) is 14.1. The molecule has 8 heteroatoms. The zero-order valence-electron chi connectivity index (χ0n) is 15.5. The van der Waals surface area contributed by atoms with Crippen molar-refractivity contribution in [1.82, 2.24) is 15.2 Å². The third kappa shape index (κ3) is 3.70. The summed E-state index contributed by atoms with van der Waals surface area (Å²) < 4.78 is 42.0. The minimum Gasteiger partial charge on any atom is -0.295 e. The average Bonchev–Trinajstić information content (AvgIpc) is 2.93. The lowest BCUT2D eigenvalue weighted by atomic mass is 10.1. The fourth-order valence-corrected chi connectivity index (χ4v) is 3.55. The number of anilines is 1. The molecule has 0 aliphatic heterocycles. The zero-order chi connectivity index (χ0) is 20.4. The fraction of sp³-hybridized carbons (Fsp3) is 0.238. The molecule has 1 aliphatic carbocycles. The number of nitrogens with one attached hydrogen (secondary N) is 2. The number of hydrogen-bond donors (Lipinski definition) is 2. The van der Waals surface area contributed by atoms with Gasteiger partial charge in [0.25, 0.3) is 5.91 Å².